The van der Waals surface area contributed by atoms with Gasteiger partial charge in [-0.25, -0.2) is 9.98 Å². The average molecular weight is 431 g/mol. The van der Waals surface area contributed by atoms with Gasteiger partial charge in [-0.05, 0) is 36.1 Å². The van der Waals surface area contributed by atoms with Gasteiger partial charge in [-0.3, -0.25) is 0 Å². The zero-order valence-electron chi connectivity index (χ0n) is 18.9. The first-order valence-electron chi connectivity index (χ1n) is 11.1. The van der Waals surface area contributed by atoms with Gasteiger partial charge in [0.1, 0.15) is 0 Å². The Morgan fingerprint density at radius 3 is 2.59 bits per heavy atom. The quantitative estimate of drug-likeness (QED) is 0.319. The summed E-state index contributed by atoms with van der Waals surface area (Å²) in [5, 5.41) is 10.7. The Balaban J connectivity index is 1.36. The number of aromatic nitrogens is 3. The summed E-state index contributed by atoms with van der Waals surface area (Å²) in [5.74, 6) is 1.91. The van der Waals surface area contributed by atoms with Crippen molar-refractivity contribution in [2.24, 2.45) is 4.99 Å². The minimum Gasteiger partial charge on any atom is -0.359 e. The van der Waals surface area contributed by atoms with E-state index in [0.717, 1.165) is 47.1 Å². The topological polar surface area (TPSA) is 80.3 Å². The number of rotatable bonds is 8. The molecule has 2 heterocycles. The number of benzene rings is 2. The van der Waals surface area contributed by atoms with Crippen molar-refractivity contribution >= 4 is 17.0 Å². The molecule has 2 aromatic heterocycles. The first-order valence-corrected chi connectivity index (χ1v) is 11.1. The lowest BCUT2D eigenvalue weighted by Crippen LogP contribution is -2.36. The van der Waals surface area contributed by atoms with Crippen LogP contribution in [-0.4, -0.2) is 27.2 Å². The van der Waals surface area contributed by atoms with Gasteiger partial charge in [0, 0.05) is 19.2 Å². The average Bonchev–Trinajstić information content (AvgIpc) is 3.44. The molecule has 166 valence electrons. The SMILES string of the molecule is CCNC(=NCc1ccc(Cn2cnc3ccccc32)cc1)NCc1cc(C(C)C)no1. The molecule has 2 aromatic carbocycles. The minimum atomic E-state index is 0.352. The molecule has 4 rings (SSSR count). The van der Waals surface area contributed by atoms with Crippen LogP contribution in [0.4, 0.5) is 0 Å². The van der Waals surface area contributed by atoms with E-state index >= 15 is 0 Å². The Kier molecular flexibility index (Phi) is 6.84. The molecule has 0 unspecified atom stereocenters. The van der Waals surface area contributed by atoms with Crippen molar-refractivity contribution in [2.45, 2.75) is 46.3 Å². The van der Waals surface area contributed by atoms with Gasteiger partial charge in [-0.1, -0.05) is 55.4 Å². The molecule has 0 saturated carbocycles. The third kappa shape index (κ3) is 5.35. The number of nitrogens with zero attached hydrogens (tertiary/aromatic N) is 4. The number of imidazole rings is 1. The largest absolute Gasteiger partial charge is 0.359 e. The molecule has 0 aliphatic rings. The number of hydrogen-bond acceptors (Lipinski definition) is 4. The number of fused-ring (bicyclic) bond motifs is 1. The minimum absolute atomic E-state index is 0.352. The van der Waals surface area contributed by atoms with Gasteiger partial charge in [-0.2, -0.15) is 0 Å². The van der Waals surface area contributed by atoms with Gasteiger partial charge in [0.2, 0.25) is 0 Å². The van der Waals surface area contributed by atoms with Crippen molar-refractivity contribution in [1.29, 1.82) is 0 Å². The van der Waals surface area contributed by atoms with E-state index in [9.17, 15) is 0 Å². The number of para-hydroxylation sites is 2. The molecule has 7 heteroatoms. The highest BCUT2D eigenvalue weighted by Gasteiger charge is 2.08. The molecule has 0 bridgehead atoms. The Bertz CT molecular complexity index is 1170. The molecule has 32 heavy (non-hydrogen) atoms. The third-order valence-electron chi connectivity index (χ3n) is 5.27. The van der Waals surface area contributed by atoms with Crippen molar-refractivity contribution in [2.75, 3.05) is 6.54 Å². The molecule has 0 atom stereocenters. The van der Waals surface area contributed by atoms with E-state index in [2.05, 4.69) is 76.4 Å². The van der Waals surface area contributed by atoms with Crippen LogP contribution in [0.2, 0.25) is 0 Å². The van der Waals surface area contributed by atoms with Crippen LogP contribution >= 0.6 is 0 Å². The van der Waals surface area contributed by atoms with Crippen LogP contribution < -0.4 is 10.6 Å². The Morgan fingerprint density at radius 1 is 1.06 bits per heavy atom. The van der Waals surface area contributed by atoms with E-state index in [0.29, 0.717) is 19.0 Å². The van der Waals surface area contributed by atoms with Gasteiger partial charge >= 0.3 is 0 Å². The number of aliphatic imine (C=N–C) groups is 1. The smallest absolute Gasteiger partial charge is 0.191 e. The van der Waals surface area contributed by atoms with Gasteiger partial charge in [0.05, 0.1) is 36.1 Å². The molecular weight excluding hydrogens is 400 g/mol. The summed E-state index contributed by atoms with van der Waals surface area (Å²) in [6.45, 7) is 8.98. The molecule has 0 aliphatic carbocycles. The fourth-order valence-electron chi connectivity index (χ4n) is 3.45. The van der Waals surface area contributed by atoms with Crippen molar-refractivity contribution in [1.82, 2.24) is 25.3 Å². The molecule has 0 amide bonds. The van der Waals surface area contributed by atoms with Crippen LogP contribution in [0.25, 0.3) is 11.0 Å². The zero-order valence-corrected chi connectivity index (χ0v) is 18.9. The van der Waals surface area contributed by atoms with Crippen molar-refractivity contribution in [3.05, 3.63) is 83.5 Å². The normalized spacial score (nSPS) is 11.9. The monoisotopic (exact) mass is 430 g/mol. The maximum absolute atomic E-state index is 5.40. The van der Waals surface area contributed by atoms with Crippen molar-refractivity contribution in [3.63, 3.8) is 0 Å². The first kappa shape index (κ1) is 21.6. The summed E-state index contributed by atoms with van der Waals surface area (Å²) >= 11 is 0. The zero-order chi connectivity index (χ0) is 22.3. The van der Waals surface area contributed by atoms with Crippen LogP contribution in [0, 0.1) is 0 Å². The van der Waals surface area contributed by atoms with Gasteiger partial charge in [-0.15, -0.1) is 0 Å². The predicted octanol–water partition coefficient (Wildman–Crippen LogP) is 4.45. The van der Waals surface area contributed by atoms with Gasteiger partial charge in [0.25, 0.3) is 0 Å². The molecule has 4 aromatic rings. The van der Waals surface area contributed by atoms with Crippen molar-refractivity contribution in [3.8, 4) is 0 Å². The molecule has 0 saturated heterocycles. The van der Waals surface area contributed by atoms with Crippen molar-refractivity contribution < 1.29 is 4.52 Å². The number of guanidine groups is 1. The fraction of sp³-hybridized carbons (Fsp3) is 0.320. The molecular formula is C25H30N6O. The number of nitrogens with one attached hydrogen (secondary N) is 2. The van der Waals surface area contributed by atoms with E-state index in [-0.39, 0.29) is 0 Å². The second-order valence-electron chi connectivity index (χ2n) is 8.10. The molecule has 0 spiro atoms. The van der Waals surface area contributed by atoms with Crippen LogP contribution in [-0.2, 0) is 19.6 Å². The Morgan fingerprint density at radius 2 is 1.84 bits per heavy atom. The summed E-state index contributed by atoms with van der Waals surface area (Å²) in [4.78, 5) is 9.17. The summed E-state index contributed by atoms with van der Waals surface area (Å²) in [7, 11) is 0. The lowest BCUT2D eigenvalue weighted by Gasteiger charge is -2.10. The fourth-order valence-corrected chi connectivity index (χ4v) is 3.45. The van der Waals surface area contributed by atoms with E-state index in [4.69, 9.17) is 9.52 Å². The van der Waals surface area contributed by atoms with E-state index in [1.807, 2.05) is 30.6 Å². The van der Waals surface area contributed by atoms with Gasteiger partial charge in [0.15, 0.2) is 11.7 Å². The summed E-state index contributed by atoms with van der Waals surface area (Å²) in [5.41, 5.74) is 5.52. The standard InChI is InChI=1S/C25H30N6O/c1-4-26-25(28-15-21-13-23(18(2)3)30-32-21)27-14-19-9-11-20(12-10-19)16-31-17-29-22-7-5-6-8-24(22)31/h5-13,17-18H,4,14-16H2,1-3H3,(H2,26,27,28). The molecule has 0 fully saturated rings. The lowest BCUT2D eigenvalue weighted by atomic mass is 10.1. The predicted molar refractivity (Wildman–Crippen MR) is 128 cm³/mol. The second kappa shape index (κ2) is 10.1. The first-order chi connectivity index (χ1) is 15.6. The summed E-state index contributed by atoms with van der Waals surface area (Å²) in [6.07, 6.45) is 1.90. The summed E-state index contributed by atoms with van der Waals surface area (Å²) < 4.78 is 7.57. The number of hydrogen-bond donors (Lipinski definition) is 2. The highest BCUT2D eigenvalue weighted by molar-refractivity contribution is 5.79. The maximum Gasteiger partial charge on any atom is 0.191 e. The highest BCUT2D eigenvalue weighted by atomic mass is 16.5. The molecule has 0 aliphatic heterocycles. The Hall–Kier alpha value is -3.61. The maximum atomic E-state index is 5.40. The van der Waals surface area contributed by atoms with Crippen LogP contribution in [0.15, 0.2) is 70.4 Å². The molecule has 7 nitrogen and oxygen atoms in total. The van der Waals surface area contributed by atoms with Crippen LogP contribution in [0.1, 0.15) is 49.3 Å². The Labute approximate surface area is 188 Å². The second-order valence-corrected chi connectivity index (χ2v) is 8.10. The van der Waals surface area contributed by atoms with E-state index in [1.165, 1.54) is 5.56 Å². The highest BCUT2D eigenvalue weighted by Crippen LogP contribution is 2.15. The third-order valence-corrected chi connectivity index (χ3v) is 5.27. The van der Waals surface area contributed by atoms with Crippen LogP contribution in [0.5, 0.6) is 0 Å². The van der Waals surface area contributed by atoms with E-state index in [1.54, 1.807) is 0 Å². The summed E-state index contributed by atoms with van der Waals surface area (Å²) in [6, 6.07) is 18.8. The van der Waals surface area contributed by atoms with E-state index < -0.39 is 0 Å². The molecule has 2 N–H and O–H groups in total. The lowest BCUT2D eigenvalue weighted by molar-refractivity contribution is 0.372. The molecule has 0 radical (unpaired) electrons. The van der Waals surface area contributed by atoms with Crippen LogP contribution in [0.3, 0.4) is 0 Å². The van der Waals surface area contributed by atoms with Gasteiger partial charge < -0.3 is 19.7 Å².